The predicted octanol–water partition coefficient (Wildman–Crippen LogP) is 1.95. The van der Waals surface area contributed by atoms with Gasteiger partial charge in [-0.3, -0.25) is 0 Å². The fourth-order valence-corrected chi connectivity index (χ4v) is 1.19. The van der Waals surface area contributed by atoms with Gasteiger partial charge in [0.1, 0.15) is 5.76 Å². The van der Waals surface area contributed by atoms with Crippen molar-refractivity contribution in [2.75, 3.05) is 0 Å². The van der Waals surface area contributed by atoms with Crippen molar-refractivity contribution in [1.29, 1.82) is 0 Å². The van der Waals surface area contributed by atoms with Crippen molar-refractivity contribution < 1.29 is 10.2 Å². The number of hydrogen-bond donors (Lipinski definition) is 2. The lowest BCUT2D eigenvalue weighted by Crippen LogP contribution is -2.31. The van der Waals surface area contributed by atoms with Gasteiger partial charge in [0.25, 0.3) is 0 Å². The van der Waals surface area contributed by atoms with E-state index in [0.717, 1.165) is 0 Å². The molecule has 0 bridgehead atoms. The van der Waals surface area contributed by atoms with E-state index in [2.05, 4.69) is 0 Å². The second kappa shape index (κ2) is 2.54. The number of hydrogen-bond acceptors (Lipinski definition) is 2. The lowest BCUT2D eigenvalue weighted by Gasteiger charge is -2.28. The van der Waals surface area contributed by atoms with Gasteiger partial charge in [-0.05, 0) is 13.0 Å². The second-order valence-corrected chi connectivity index (χ2v) is 3.47. The van der Waals surface area contributed by atoms with Gasteiger partial charge in [-0.2, -0.15) is 0 Å². The summed E-state index contributed by atoms with van der Waals surface area (Å²) in [7, 11) is 0. The molecule has 1 aliphatic rings. The van der Waals surface area contributed by atoms with E-state index in [1.807, 2.05) is 6.92 Å². The smallest absolute Gasteiger partial charge is 0.132 e. The molecule has 0 saturated heterocycles. The van der Waals surface area contributed by atoms with Crippen LogP contribution in [-0.2, 0) is 0 Å². The molecule has 2 N–H and O–H groups in total. The van der Waals surface area contributed by atoms with Crippen LogP contribution in [0.15, 0.2) is 22.9 Å². The number of aliphatic hydroxyl groups is 2. The average Bonchev–Trinajstić information content (AvgIpc) is 1.83. The molecule has 0 saturated carbocycles. The molecule has 2 nitrogen and oxygen atoms in total. The average molecular weight is 175 g/mol. The second-order valence-electron chi connectivity index (χ2n) is 3.06. The first kappa shape index (κ1) is 8.62. The van der Waals surface area contributed by atoms with Gasteiger partial charge >= 0.3 is 0 Å². The van der Waals surface area contributed by atoms with Gasteiger partial charge in [0.15, 0.2) is 0 Å². The minimum atomic E-state index is -0.984. The van der Waals surface area contributed by atoms with Crippen LogP contribution in [0, 0.1) is 5.92 Å². The van der Waals surface area contributed by atoms with Crippen molar-refractivity contribution in [1.82, 2.24) is 0 Å². The third-order valence-corrected chi connectivity index (χ3v) is 2.31. The van der Waals surface area contributed by atoms with Gasteiger partial charge in [0.05, 0.1) is 10.6 Å². The molecule has 2 atom stereocenters. The largest absolute Gasteiger partial charge is 0.507 e. The molecule has 0 amide bonds. The number of rotatable bonds is 0. The van der Waals surface area contributed by atoms with Crippen LogP contribution < -0.4 is 0 Å². The first-order chi connectivity index (χ1) is 4.93. The summed E-state index contributed by atoms with van der Waals surface area (Å²) in [6, 6.07) is 0. The van der Waals surface area contributed by atoms with Crippen LogP contribution in [0.3, 0.4) is 0 Å². The first-order valence-corrected chi connectivity index (χ1v) is 3.83. The number of halogens is 1. The SMILES string of the molecule is CC1C=C(Cl)C(O)=CC1(C)O. The molecular weight excluding hydrogens is 164 g/mol. The van der Waals surface area contributed by atoms with Crippen LogP contribution >= 0.6 is 11.6 Å². The highest BCUT2D eigenvalue weighted by atomic mass is 35.5. The van der Waals surface area contributed by atoms with Crippen molar-refractivity contribution >= 4 is 11.6 Å². The Balaban J connectivity index is 2.98. The van der Waals surface area contributed by atoms with E-state index in [0.29, 0.717) is 5.03 Å². The molecule has 0 fully saturated rings. The Morgan fingerprint density at radius 2 is 2.18 bits per heavy atom. The molecule has 1 rings (SSSR count). The maximum absolute atomic E-state index is 9.59. The van der Waals surface area contributed by atoms with Crippen LogP contribution in [0.5, 0.6) is 0 Å². The summed E-state index contributed by atoms with van der Waals surface area (Å²) in [6.45, 7) is 3.47. The van der Waals surface area contributed by atoms with Gasteiger partial charge < -0.3 is 10.2 Å². The molecule has 0 heterocycles. The fraction of sp³-hybridized carbons (Fsp3) is 0.500. The molecule has 3 heteroatoms. The summed E-state index contributed by atoms with van der Waals surface area (Å²) in [4.78, 5) is 0. The number of aliphatic hydroxyl groups excluding tert-OH is 1. The van der Waals surface area contributed by atoms with Crippen molar-refractivity contribution in [3.63, 3.8) is 0 Å². The Morgan fingerprint density at radius 3 is 2.64 bits per heavy atom. The highest BCUT2D eigenvalue weighted by Gasteiger charge is 2.29. The maximum Gasteiger partial charge on any atom is 0.132 e. The lowest BCUT2D eigenvalue weighted by atomic mass is 9.86. The molecular formula is C8H11ClO2. The molecule has 11 heavy (non-hydrogen) atoms. The Labute approximate surface area is 70.8 Å². The van der Waals surface area contributed by atoms with E-state index in [1.54, 1.807) is 13.0 Å². The normalized spacial score (nSPS) is 38.0. The van der Waals surface area contributed by atoms with Crippen LogP contribution in [-0.4, -0.2) is 15.8 Å². The zero-order valence-electron chi connectivity index (χ0n) is 6.50. The van der Waals surface area contributed by atoms with E-state index in [4.69, 9.17) is 16.7 Å². The Bertz CT molecular complexity index is 228. The molecule has 0 aromatic rings. The molecule has 2 unspecified atom stereocenters. The Hall–Kier alpha value is -0.470. The molecule has 0 radical (unpaired) electrons. The Kier molecular flexibility index (Phi) is 1.99. The van der Waals surface area contributed by atoms with E-state index >= 15 is 0 Å². The highest BCUT2D eigenvalue weighted by Crippen LogP contribution is 2.30. The lowest BCUT2D eigenvalue weighted by molar-refractivity contribution is 0.0683. The quantitative estimate of drug-likeness (QED) is 0.590. The minimum absolute atomic E-state index is 0.0465. The monoisotopic (exact) mass is 174 g/mol. The molecule has 62 valence electrons. The van der Waals surface area contributed by atoms with Crippen LogP contribution in [0.4, 0.5) is 0 Å². The summed E-state index contributed by atoms with van der Waals surface area (Å²) in [5.74, 6) is -0.110. The summed E-state index contributed by atoms with van der Waals surface area (Å²) >= 11 is 5.62. The van der Waals surface area contributed by atoms with Crippen molar-refractivity contribution in [2.45, 2.75) is 19.4 Å². The van der Waals surface area contributed by atoms with E-state index < -0.39 is 5.60 Å². The van der Waals surface area contributed by atoms with E-state index in [9.17, 15) is 5.11 Å². The third kappa shape index (κ3) is 1.57. The summed E-state index contributed by atoms with van der Waals surface area (Å²) in [6.07, 6.45) is 3.00. The zero-order chi connectivity index (χ0) is 8.65. The standard InChI is InChI=1S/C8H11ClO2/c1-5-3-6(9)7(10)4-8(5,2)11/h3-5,10-11H,1-2H3. The van der Waals surface area contributed by atoms with Crippen molar-refractivity contribution in [3.05, 3.63) is 22.9 Å². The molecule has 0 aliphatic heterocycles. The summed E-state index contributed by atoms with van der Waals surface area (Å²) < 4.78 is 0. The van der Waals surface area contributed by atoms with Crippen LogP contribution in [0.25, 0.3) is 0 Å². The Morgan fingerprint density at radius 1 is 1.64 bits per heavy atom. The number of allylic oxidation sites excluding steroid dienone is 1. The molecule has 0 aromatic heterocycles. The van der Waals surface area contributed by atoms with Gasteiger partial charge in [0, 0.05) is 5.92 Å². The van der Waals surface area contributed by atoms with Gasteiger partial charge in [-0.15, -0.1) is 0 Å². The van der Waals surface area contributed by atoms with Gasteiger partial charge in [0.2, 0.25) is 0 Å². The van der Waals surface area contributed by atoms with Gasteiger partial charge in [-0.1, -0.05) is 24.6 Å². The van der Waals surface area contributed by atoms with Crippen molar-refractivity contribution in [3.8, 4) is 0 Å². The predicted molar refractivity (Wildman–Crippen MR) is 44.4 cm³/mol. The summed E-state index contributed by atoms with van der Waals surface area (Å²) in [5, 5.41) is 19.0. The first-order valence-electron chi connectivity index (χ1n) is 3.45. The zero-order valence-corrected chi connectivity index (χ0v) is 7.26. The molecule has 0 spiro atoms. The molecule has 0 aromatic carbocycles. The van der Waals surface area contributed by atoms with E-state index in [1.165, 1.54) is 6.08 Å². The van der Waals surface area contributed by atoms with Crippen LogP contribution in [0.2, 0.25) is 0 Å². The van der Waals surface area contributed by atoms with Crippen molar-refractivity contribution in [2.24, 2.45) is 5.92 Å². The maximum atomic E-state index is 9.59. The van der Waals surface area contributed by atoms with E-state index in [-0.39, 0.29) is 11.7 Å². The molecule has 1 aliphatic carbocycles. The third-order valence-electron chi connectivity index (χ3n) is 1.99. The summed E-state index contributed by atoms with van der Waals surface area (Å²) in [5.41, 5.74) is -0.984. The van der Waals surface area contributed by atoms with Crippen LogP contribution in [0.1, 0.15) is 13.8 Å². The fourth-order valence-electron chi connectivity index (χ4n) is 0.951. The highest BCUT2D eigenvalue weighted by molar-refractivity contribution is 6.31. The van der Waals surface area contributed by atoms with Gasteiger partial charge in [-0.25, -0.2) is 0 Å². The topological polar surface area (TPSA) is 40.5 Å². The minimum Gasteiger partial charge on any atom is -0.507 e.